The molecule has 180 valence electrons. The first-order valence-electron chi connectivity index (χ1n) is 11.0. The second kappa shape index (κ2) is 10.1. The quantitative estimate of drug-likeness (QED) is 0.351. The van der Waals surface area contributed by atoms with E-state index >= 15 is 0 Å². The van der Waals surface area contributed by atoms with E-state index in [0.717, 1.165) is 21.5 Å². The topological polar surface area (TPSA) is 116 Å². The van der Waals surface area contributed by atoms with Gasteiger partial charge in [0.05, 0.1) is 23.2 Å². The summed E-state index contributed by atoms with van der Waals surface area (Å²) in [6.45, 7) is 6.94. The number of thiazole rings is 1. The minimum atomic E-state index is -0.620. The fraction of sp³-hybridized carbons (Fsp3) is 0.231. The van der Waals surface area contributed by atoms with Gasteiger partial charge in [-0.3, -0.25) is 9.59 Å². The molecule has 0 spiro atoms. The molecule has 2 aromatic carbocycles. The van der Waals surface area contributed by atoms with Crippen molar-refractivity contribution in [1.82, 2.24) is 9.97 Å². The molecule has 9 heteroatoms. The van der Waals surface area contributed by atoms with Crippen LogP contribution in [0.3, 0.4) is 0 Å². The highest BCUT2D eigenvalue weighted by Crippen LogP contribution is 2.30. The summed E-state index contributed by atoms with van der Waals surface area (Å²) in [5.41, 5.74) is 7.19. The van der Waals surface area contributed by atoms with E-state index in [1.807, 2.05) is 18.2 Å². The lowest BCUT2D eigenvalue weighted by Crippen LogP contribution is -2.16. The van der Waals surface area contributed by atoms with Gasteiger partial charge in [-0.05, 0) is 47.4 Å². The molecule has 2 heterocycles. The van der Waals surface area contributed by atoms with Crippen LogP contribution in [0.15, 0.2) is 60.8 Å². The molecule has 4 rings (SSSR count). The molecule has 0 atom stereocenters. The lowest BCUT2D eigenvalue weighted by molar-refractivity contribution is -0.115. The number of fused-ring (bicyclic) bond motifs is 1. The van der Waals surface area contributed by atoms with Gasteiger partial charge in [-0.2, -0.15) is 0 Å². The molecule has 2 aromatic heterocycles. The molecule has 0 aliphatic rings. The zero-order chi connectivity index (χ0) is 25.0. The van der Waals surface area contributed by atoms with Crippen LogP contribution in [-0.4, -0.2) is 28.4 Å². The van der Waals surface area contributed by atoms with E-state index in [0.29, 0.717) is 17.5 Å². The Balaban J connectivity index is 1.36. The third-order valence-corrected chi connectivity index (χ3v) is 5.77. The van der Waals surface area contributed by atoms with Crippen LogP contribution in [0.5, 0.6) is 17.4 Å². The molecule has 0 aliphatic heterocycles. The summed E-state index contributed by atoms with van der Waals surface area (Å²) in [6.07, 6.45) is 1.69. The van der Waals surface area contributed by atoms with Crippen LogP contribution in [0, 0.1) is 5.41 Å². The summed E-state index contributed by atoms with van der Waals surface area (Å²) in [5, 5.41) is 3.40. The SMILES string of the molecule is CC(C)(C)COc1ccc2sc(NC(=O)Cc3ccc(Oc4ncccc4C(N)=O)cc3)nc2c1. The molecule has 0 unspecified atom stereocenters. The van der Waals surface area contributed by atoms with Crippen molar-refractivity contribution in [2.75, 3.05) is 11.9 Å². The Labute approximate surface area is 207 Å². The number of carbonyl (C=O) groups excluding carboxylic acids is 2. The van der Waals surface area contributed by atoms with Crippen molar-refractivity contribution in [2.24, 2.45) is 11.1 Å². The van der Waals surface area contributed by atoms with Crippen LogP contribution in [0.25, 0.3) is 10.2 Å². The maximum Gasteiger partial charge on any atom is 0.254 e. The highest BCUT2D eigenvalue weighted by Gasteiger charge is 2.14. The minimum absolute atomic E-state index is 0.0609. The molecular formula is C26H26N4O4S. The van der Waals surface area contributed by atoms with Crippen molar-refractivity contribution in [3.05, 3.63) is 71.9 Å². The van der Waals surface area contributed by atoms with Crippen molar-refractivity contribution >= 4 is 38.5 Å². The van der Waals surface area contributed by atoms with Gasteiger partial charge < -0.3 is 20.5 Å². The number of nitrogens with zero attached hydrogens (tertiary/aromatic N) is 2. The van der Waals surface area contributed by atoms with E-state index in [1.54, 1.807) is 36.4 Å². The Kier molecular flexibility index (Phi) is 6.97. The zero-order valence-electron chi connectivity index (χ0n) is 19.7. The van der Waals surface area contributed by atoms with E-state index in [2.05, 4.69) is 36.1 Å². The number of rotatable bonds is 8. The molecule has 8 nitrogen and oxygen atoms in total. The largest absolute Gasteiger partial charge is 0.493 e. The lowest BCUT2D eigenvalue weighted by atomic mass is 9.99. The summed E-state index contributed by atoms with van der Waals surface area (Å²) < 4.78 is 12.5. The normalized spacial score (nSPS) is 11.3. The van der Waals surface area contributed by atoms with E-state index in [1.165, 1.54) is 17.5 Å². The van der Waals surface area contributed by atoms with E-state index < -0.39 is 5.91 Å². The highest BCUT2D eigenvalue weighted by atomic mass is 32.1. The lowest BCUT2D eigenvalue weighted by Gasteiger charge is -2.18. The predicted molar refractivity (Wildman–Crippen MR) is 136 cm³/mol. The number of aromatic nitrogens is 2. The number of nitrogens with two attached hydrogens (primary N) is 1. The average Bonchev–Trinajstić information content (AvgIpc) is 3.20. The second-order valence-corrected chi connectivity index (χ2v) is 10.2. The van der Waals surface area contributed by atoms with E-state index in [4.69, 9.17) is 15.2 Å². The van der Waals surface area contributed by atoms with Crippen LogP contribution < -0.4 is 20.5 Å². The first-order chi connectivity index (χ1) is 16.7. The number of nitrogens with one attached hydrogen (secondary N) is 1. The van der Waals surface area contributed by atoms with Crippen LogP contribution >= 0.6 is 11.3 Å². The van der Waals surface area contributed by atoms with Crippen LogP contribution in [-0.2, 0) is 11.2 Å². The number of hydrogen-bond donors (Lipinski definition) is 2. The molecule has 4 aromatic rings. The minimum Gasteiger partial charge on any atom is -0.493 e. The maximum atomic E-state index is 12.6. The second-order valence-electron chi connectivity index (χ2n) is 9.19. The molecule has 0 bridgehead atoms. The first-order valence-corrected chi connectivity index (χ1v) is 11.8. The monoisotopic (exact) mass is 490 g/mol. The van der Waals surface area contributed by atoms with Gasteiger partial charge in [-0.25, -0.2) is 9.97 Å². The van der Waals surface area contributed by atoms with Crippen molar-refractivity contribution in [3.8, 4) is 17.4 Å². The number of hydrogen-bond acceptors (Lipinski definition) is 7. The summed E-state index contributed by atoms with van der Waals surface area (Å²) in [7, 11) is 0. The third kappa shape index (κ3) is 6.54. The van der Waals surface area contributed by atoms with Gasteiger partial charge in [-0.1, -0.05) is 44.2 Å². The van der Waals surface area contributed by atoms with E-state index in [-0.39, 0.29) is 29.2 Å². The Bertz CT molecular complexity index is 1360. The fourth-order valence-electron chi connectivity index (χ4n) is 3.15. The van der Waals surface area contributed by atoms with Crippen molar-refractivity contribution in [1.29, 1.82) is 0 Å². The van der Waals surface area contributed by atoms with Gasteiger partial charge in [0.1, 0.15) is 17.1 Å². The van der Waals surface area contributed by atoms with Crippen molar-refractivity contribution in [3.63, 3.8) is 0 Å². The number of benzene rings is 2. The Hall–Kier alpha value is -3.98. The van der Waals surface area contributed by atoms with Gasteiger partial charge >= 0.3 is 0 Å². The van der Waals surface area contributed by atoms with Gasteiger partial charge in [0, 0.05) is 12.3 Å². The zero-order valence-corrected chi connectivity index (χ0v) is 20.5. The molecule has 2 amide bonds. The smallest absolute Gasteiger partial charge is 0.254 e. The van der Waals surface area contributed by atoms with Crippen LogP contribution in [0.1, 0.15) is 36.7 Å². The number of carbonyl (C=O) groups is 2. The Morgan fingerprint density at radius 1 is 1.06 bits per heavy atom. The molecule has 3 N–H and O–H groups in total. The number of amides is 2. The first kappa shape index (κ1) is 24.2. The Morgan fingerprint density at radius 3 is 2.51 bits per heavy atom. The van der Waals surface area contributed by atoms with Crippen molar-refractivity contribution < 1.29 is 19.1 Å². The van der Waals surface area contributed by atoms with Gasteiger partial charge in [-0.15, -0.1) is 0 Å². The summed E-state index contributed by atoms with van der Waals surface area (Å²) >= 11 is 1.41. The van der Waals surface area contributed by atoms with E-state index in [9.17, 15) is 9.59 Å². The summed E-state index contributed by atoms with van der Waals surface area (Å²) in [6, 6.07) is 15.9. The molecule has 0 aliphatic carbocycles. The highest BCUT2D eigenvalue weighted by molar-refractivity contribution is 7.22. The molecule has 0 saturated heterocycles. The van der Waals surface area contributed by atoms with Crippen molar-refractivity contribution in [2.45, 2.75) is 27.2 Å². The maximum absolute atomic E-state index is 12.6. The number of ether oxygens (including phenoxy) is 2. The van der Waals surface area contributed by atoms with Crippen LogP contribution in [0.4, 0.5) is 5.13 Å². The molecule has 0 fully saturated rings. The molecule has 35 heavy (non-hydrogen) atoms. The van der Waals surface area contributed by atoms with Gasteiger partial charge in [0.15, 0.2) is 5.13 Å². The standard InChI is InChI=1S/C26H26N4O4S/c1-26(2,3)15-33-18-10-11-21-20(14-18)29-25(35-21)30-22(31)13-16-6-8-17(9-7-16)34-24-19(23(27)32)5-4-12-28-24/h4-12,14H,13,15H2,1-3H3,(H2,27,32)(H,29,30,31). The Morgan fingerprint density at radius 2 is 1.80 bits per heavy atom. The molecule has 0 saturated carbocycles. The summed E-state index contributed by atoms with van der Waals surface area (Å²) in [5.74, 6) is 0.568. The van der Waals surface area contributed by atoms with Gasteiger partial charge in [0.25, 0.3) is 5.91 Å². The number of anilines is 1. The molecule has 0 radical (unpaired) electrons. The third-order valence-electron chi connectivity index (χ3n) is 4.82. The number of pyridine rings is 1. The predicted octanol–water partition coefficient (Wildman–Crippen LogP) is 5.19. The average molecular weight is 491 g/mol. The molecular weight excluding hydrogens is 464 g/mol. The fourth-order valence-corrected chi connectivity index (χ4v) is 4.01. The number of primary amides is 1. The summed E-state index contributed by atoms with van der Waals surface area (Å²) in [4.78, 5) is 32.7. The van der Waals surface area contributed by atoms with Crippen LogP contribution in [0.2, 0.25) is 0 Å². The van der Waals surface area contributed by atoms with Gasteiger partial charge in [0.2, 0.25) is 11.8 Å².